The molecule has 0 spiro atoms. The fourth-order valence-corrected chi connectivity index (χ4v) is 4.49. The zero-order chi connectivity index (χ0) is 19.8. The number of fused-ring (bicyclic) bond motifs is 1. The van der Waals surface area contributed by atoms with Gasteiger partial charge in [0.15, 0.2) is 5.65 Å². The van der Waals surface area contributed by atoms with Gasteiger partial charge in [-0.15, -0.1) is 0 Å². The Morgan fingerprint density at radius 1 is 0.828 bits per heavy atom. The summed E-state index contributed by atoms with van der Waals surface area (Å²) in [5.74, 6) is 1.22. The average molecular weight is 383 g/mol. The van der Waals surface area contributed by atoms with Crippen molar-refractivity contribution >= 4 is 11.5 Å². The summed E-state index contributed by atoms with van der Waals surface area (Å²) in [6.45, 7) is 6.41. The van der Waals surface area contributed by atoms with Crippen molar-refractivity contribution in [1.82, 2.24) is 14.6 Å². The van der Waals surface area contributed by atoms with Gasteiger partial charge in [0, 0.05) is 36.3 Å². The van der Waals surface area contributed by atoms with E-state index in [0.29, 0.717) is 0 Å². The largest absolute Gasteiger partial charge is 0.356 e. The van der Waals surface area contributed by atoms with Crippen molar-refractivity contribution in [3.05, 3.63) is 83.2 Å². The molecule has 1 fully saturated rings. The van der Waals surface area contributed by atoms with Gasteiger partial charge in [-0.05, 0) is 37.8 Å². The first-order valence-electron chi connectivity index (χ1n) is 10.5. The molecule has 0 saturated carbocycles. The molecular formula is C25H26N4. The number of hydrogen-bond acceptors (Lipinski definition) is 3. The lowest BCUT2D eigenvalue weighted by Crippen LogP contribution is -2.24. The SMILES string of the molecule is Cc1nc2c(-c3ccccc3)c(C)nn2c(N2CCCC2)c1Cc1ccccc1. The van der Waals surface area contributed by atoms with Crippen LogP contribution in [0.3, 0.4) is 0 Å². The van der Waals surface area contributed by atoms with Crippen LogP contribution in [-0.2, 0) is 6.42 Å². The molecule has 4 aromatic rings. The molecule has 1 aliphatic heterocycles. The maximum atomic E-state index is 5.07. The van der Waals surface area contributed by atoms with Crippen molar-refractivity contribution in [3.63, 3.8) is 0 Å². The summed E-state index contributed by atoms with van der Waals surface area (Å²) in [5, 5.41) is 4.99. The fourth-order valence-electron chi connectivity index (χ4n) is 4.49. The molecule has 0 unspecified atom stereocenters. The van der Waals surface area contributed by atoms with E-state index in [-0.39, 0.29) is 0 Å². The molecule has 146 valence electrons. The topological polar surface area (TPSA) is 33.4 Å². The molecule has 2 aromatic heterocycles. The lowest BCUT2D eigenvalue weighted by atomic mass is 10.0. The first-order valence-corrected chi connectivity index (χ1v) is 10.5. The van der Waals surface area contributed by atoms with Crippen molar-refractivity contribution in [2.24, 2.45) is 0 Å². The third-order valence-electron chi connectivity index (χ3n) is 5.91. The normalized spacial score (nSPS) is 14.1. The molecule has 1 saturated heterocycles. The van der Waals surface area contributed by atoms with E-state index < -0.39 is 0 Å². The number of aryl methyl sites for hydroxylation is 2. The van der Waals surface area contributed by atoms with Crippen molar-refractivity contribution in [1.29, 1.82) is 0 Å². The molecule has 4 heteroatoms. The molecule has 2 aromatic carbocycles. The van der Waals surface area contributed by atoms with Gasteiger partial charge in [0.1, 0.15) is 5.82 Å². The second-order valence-corrected chi connectivity index (χ2v) is 7.92. The molecule has 0 atom stereocenters. The van der Waals surface area contributed by atoms with Gasteiger partial charge < -0.3 is 4.90 Å². The number of nitrogens with zero attached hydrogens (tertiary/aromatic N) is 4. The minimum absolute atomic E-state index is 0.876. The smallest absolute Gasteiger partial charge is 0.165 e. The third kappa shape index (κ3) is 3.19. The molecule has 5 rings (SSSR count). The van der Waals surface area contributed by atoms with E-state index in [1.807, 2.05) is 0 Å². The van der Waals surface area contributed by atoms with Gasteiger partial charge in [0.25, 0.3) is 0 Å². The number of anilines is 1. The van der Waals surface area contributed by atoms with Crippen LogP contribution in [0, 0.1) is 13.8 Å². The Bertz CT molecular complexity index is 1140. The second-order valence-electron chi connectivity index (χ2n) is 7.92. The molecule has 0 amide bonds. The Kier molecular flexibility index (Phi) is 4.55. The zero-order valence-corrected chi connectivity index (χ0v) is 17.1. The standard InChI is InChI=1S/C25H26N4/c1-18-22(17-20-11-5-3-6-12-20)25(28-15-9-10-16-28)29-24(26-18)23(19(2)27-29)21-13-7-4-8-14-21/h3-8,11-14H,9-10,15-17H2,1-2H3. The Labute approximate surface area is 171 Å². The molecule has 0 N–H and O–H groups in total. The van der Waals surface area contributed by atoms with Gasteiger partial charge in [-0.25, -0.2) is 4.98 Å². The number of benzene rings is 2. The summed E-state index contributed by atoms with van der Waals surface area (Å²) in [6, 6.07) is 21.2. The summed E-state index contributed by atoms with van der Waals surface area (Å²) < 4.78 is 2.11. The van der Waals surface area contributed by atoms with Gasteiger partial charge in [-0.3, -0.25) is 0 Å². The first kappa shape index (κ1) is 17.9. The maximum absolute atomic E-state index is 5.07. The third-order valence-corrected chi connectivity index (χ3v) is 5.91. The van der Waals surface area contributed by atoms with Crippen LogP contribution in [-0.4, -0.2) is 27.7 Å². The van der Waals surface area contributed by atoms with E-state index in [2.05, 4.69) is 83.9 Å². The van der Waals surface area contributed by atoms with Crippen LogP contribution in [0.25, 0.3) is 16.8 Å². The summed E-state index contributed by atoms with van der Waals surface area (Å²) >= 11 is 0. The van der Waals surface area contributed by atoms with Crippen molar-refractivity contribution in [3.8, 4) is 11.1 Å². The molecule has 1 aliphatic rings. The van der Waals surface area contributed by atoms with E-state index in [4.69, 9.17) is 10.1 Å². The number of rotatable bonds is 4. The maximum Gasteiger partial charge on any atom is 0.165 e. The summed E-state index contributed by atoms with van der Waals surface area (Å²) in [6.07, 6.45) is 3.35. The highest BCUT2D eigenvalue weighted by atomic mass is 15.4. The van der Waals surface area contributed by atoms with Crippen LogP contribution in [0.1, 0.15) is 35.4 Å². The van der Waals surface area contributed by atoms with Crippen LogP contribution in [0.2, 0.25) is 0 Å². The predicted molar refractivity (Wildman–Crippen MR) is 119 cm³/mol. The van der Waals surface area contributed by atoms with Gasteiger partial charge in [-0.2, -0.15) is 9.61 Å². The highest BCUT2D eigenvalue weighted by Gasteiger charge is 2.25. The van der Waals surface area contributed by atoms with E-state index in [9.17, 15) is 0 Å². The lowest BCUT2D eigenvalue weighted by Gasteiger charge is -2.23. The van der Waals surface area contributed by atoms with E-state index >= 15 is 0 Å². The molecule has 0 bridgehead atoms. The highest BCUT2D eigenvalue weighted by molar-refractivity contribution is 5.81. The van der Waals surface area contributed by atoms with E-state index in [1.165, 1.54) is 35.3 Å². The zero-order valence-electron chi connectivity index (χ0n) is 17.1. The Balaban J connectivity index is 1.75. The summed E-state index contributed by atoms with van der Waals surface area (Å²) in [4.78, 5) is 7.58. The van der Waals surface area contributed by atoms with Gasteiger partial charge in [0.2, 0.25) is 0 Å². The first-order chi connectivity index (χ1) is 14.2. The second kappa shape index (κ2) is 7.36. The molecular weight excluding hydrogens is 356 g/mol. The fraction of sp³-hybridized carbons (Fsp3) is 0.280. The monoisotopic (exact) mass is 382 g/mol. The van der Waals surface area contributed by atoms with Crippen LogP contribution >= 0.6 is 0 Å². The highest BCUT2D eigenvalue weighted by Crippen LogP contribution is 2.34. The molecule has 4 nitrogen and oxygen atoms in total. The number of aromatic nitrogens is 3. The number of hydrogen-bond donors (Lipinski definition) is 0. The van der Waals surface area contributed by atoms with Crippen LogP contribution in [0.4, 0.5) is 5.82 Å². The Morgan fingerprint density at radius 3 is 2.17 bits per heavy atom. The van der Waals surface area contributed by atoms with Crippen LogP contribution in [0.5, 0.6) is 0 Å². The van der Waals surface area contributed by atoms with E-state index in [1.54, 1.807) is 0 Å². The quantitative estimate of drug-likeness (QED) is 0.486. The molecule has 0 aliphatic carbocycles. The Hall–Kier alpha value is -3.14. The van der Waals surface area contributed by atoms with Gasteiger partial charge in [-0.1, -0.05) is 60.7 Å². The van der Waals surface area contributed by atoms with Gasteiger partial charge in [0.05, 0.1) is 5.69 Å². The van der Waals surface area contributed by atoms with Crippen LogP contribution in [0.15, 0.2) is 60.7 Å². The minimum atomic E-state index is 0.876. The average Bonchev–Trinajstić information content (AvgIpc) is 3.38. The van der Waals surface area contributed by atoms with E-state index in [0.717, 1.165) is 42.1 Å². The minimum Gasteiger partial charge on any atom is -0.356 e. The predicted octanol–water partition coefficient (Wildman–Crippen LogP) is 5.20. The lowest BCUT2D eigenvalue weighted by molar-refractivity contribution is 0.818. The summed E-state index contributed by atoms with van der Waals surface area (Å²) in [5.41, 5.74) is 8.00. The van der Waals surface area contributed by atoms with Gasteiger partial charge >= 0.3 is 0 Å². The summed E-state index contributed by atoms with van der Waals surface area (Å²) in [7, 11) is 0. The van der Waals surface area contributed by atoms with Crippen molar-refractivity contribution in [2.45, 2.75) is 33.1 Å². The molecule has 29 heavy (non-hydrogen) atoms. The van der Waals surface area contributed by atoms with Crippen molar-refractivity contribution in [2.75, 3.05) is 18.0 Å². The Morgan fingerprint density at radius 2 is 1.48 bits per heavy atom. The van der Waals surface area contributed by atoms with Crippen molar-refractivity contribution < 1.29 is 0 Å². The molecule has 0 radical (unpaired) electrons. The molecule has 3 heterocycles. The van der Waals surface area contributed by atoms with Crippen LogP contribution < -0.4 is 4.90 Å².